The number of alkyl halides is 3. The third-order valence-corrected chi connectivity index (χ3v) is 25.4. The lowest BCUT2D eigenvalue weighted by molar-refractivity contribution is -0.236. The first-order valence-corrected chi connectivity index (χ1v) is 47.1. The normalized spacial score (nSPS) is 17.2. The van der Waals surface area contributed by atoms with E-state index < -0.39 is 23.0 Å². The molecule has 0 bridgehead atoms. The van der Waals surface area contributed by atoms with Crippen molar-refractivity contribution in [3.8, 4) is 17.2 Å². The molecule has 2 unspecified atom stereocenters. The number of ether oxygens (including phenoxy) is 6. The van der Waals surface area contributed by atoms with Crippen LogP contribution in [0.15, 0.2) is 244 Å². The number of hydrogen-bond donors (Lipinski definition) is 0. The van der Waals surface area contributed by atoms with Crippen molar-refractivity contribution in [1.82, 2.24) is 0 Å². The highest BCUT2D eigenvalue weighted by molar-refractivity contribution is 7.14. The van der Waals surface area contributed by atoms with Crippen LogP contribution in [-0.2, 0) is 19.8 Å². The summed E-state index contributed by atoms with van der Waals surface area (Å²) >= 11 is 4.73. The maximum Gasteiger partial charge on any atom is 0.430 e. The molecule has 682 valence electrons. The molecule has 4 aromatic carbocycles. The van der Waals surface area contributed by atoms with Crippen LogP contribution in [0.1, 0.15) is 219 Å². The standard InChI is InChI=1S/C40H43N3O2S.C35H38F3N3O2S.C35H41N3O2S/c1-8-10-27-43(28-11-9-2)33-22-21-31(37(29-33)44-7)17-15-16-20-34-23-24-35(46-34)25-26-36-38(42-6)39(30(3)41-5)45-40(36,4)32-18-13-12-14-19-32;1-8-10-22-41(23-11-9-2)27-17-16-26(31(24-27)42-7)14-12-13-15-28-18-19-29(44-28)20-21-30-32(40-6)33(25(3)39-5)43-34(30,4)35(36,37)38;1-9-11-23-38(24-12-10-2)28-18-17-27(32(25-28)39-8)15-13-14-16-29-19-20-30(41-29)21-22-31-33(37-7)34(26(3)36-6)40-35(31,4)5/h12-26,29H,8-11,27-28H2,1-4,7H3;12-21,24H,8-11,22-23H2,1-4,7H3;13-22,25H,9-12,23-24H2,1-5,8H3/b17-15+,20-16+,26-25+,39-30+;14-12+,15-13+,21-20+,33-25+;15-13+,16-14+,22-21+,34-26+. The summed E-state index contributed by atoms with van der Waals surface area (Å²) in [6.07, 6.45) is 44.2. The molecule has 0 radical (unpaired) electrons. The van der Waals surface area contributed by atoms with Crippen LogP contribution < -0.4 is 28.9 Å². The summed E-state index contributed by atoms with van der Waals surface area (Å²) in [5.74, 6) is 2.97. The maximum atomic E-state index is 14.0. The highest BCUT2D eigenvalue weighted by Crippen LogP contribution is 2.52. The number of allylic oxidation sites excluding steroid dienone is 9. The molecule has 7 aromatic rings. The molecule has 0 N–H and O–H groups in total. The number of anilines is 3. The number of benzene rings is 4. The lowest BCUT2D eigenvalue weighted by Gasteiger charge is -2.30. The number of methoxy groups -OCH3 is 3. The molecule has 3 aliphatic rings. The number of halogens is 3. The average molecular weight is 1820 g/mol. The van der Waals surface area contributed by atoms with Gasteiger partial charge in [0.25, 0.3) is 0 Å². The molecule has 0 aliphatic carbocycles. The second-order valence-electron chi connectivity index (χ2n) is 32.2. The first-order chi connectivity index (χ1) is 63.2. The first-order valence-electron chi connectivity index (χ1n) is 44.7. The molecule has 15 nitrogen and oxygen atoms in total. The Morgan fingerprint density at radius 3 is 0.969 bits per heavy atom. The topological polar surface area (TPSA) is 91.3 Å². The van der Waals surface area contributed by atoms with Gasteiger partial charge in [0.15, 0.2) is 17.1 Å². The summed E-state index contributed by atoms with van der Waals surface area (Å²) in [7, 11) is 5.13. The predicted octanol–water partition coefficient (Wildman–Crippen LogP) is 31.8. The van der Waals surface area contributed by atoms with E-state index >= 15 is 0 Å². The Morgan fingerprint density at radius 1 is 0.366 bits per heavy atom. The van der Waals surface area contributed by atoms with Crippen molar-refractivity contribution in [2.75, 3.05) is 75.3 Å². The van der Waals surface area contributed by atoms with E-state index in [0.29, 0.717) is 39.2 Å². The van der Waals surface area contributed by atoms with Gasteiger partial charge in [-0.15, -0.1) is 34.0 Å². The zero-order valence-electron chi connectivity index (χ0n) is 78.5. The third kappa shape index (κ3) is 28.0. The molecule has 0 saturated carbocycles. The van der Waals surface area contributed by atoms with E-state index in [-0.39, 0.29) is 22.7 Å². The van der Waals surface area contributed by atoms with Crippen molar-refractivity contribution in [2.24, 2.45) is 0 Å². The average Bonchev–Trinajstić information content (AvgIpc) is 1.60. The smallest absolute Gasteiger partial charge is 0.430 e. The third-order valence-electron chi connectivity index (χ3n) is 22.3. The zero-order valence-corrected chi connectivity index (χ0v) is 80.9. The fourth-order valence-electron chi connectivity index (χ4n) is 14.6. The summed E-state index contributed by atoms with van der Waals surface area (Å²) < 4.78 is 76.9. The molecule has 0 amide bonds. The zero-order chi connectivity index (χ0) is 95.1. The summed E-state index contributed by atoms with van der Waals surface area (Å²) in [6.45, 7) is 76.1. The largest absolute Gasteiger partial charge is 0.507 e. The molecular formula is C110H122F3N9O6S3. The van der Waals surface area contributed by atoms with Crippen molar-refractivity contribution in [1.29, 1.82) is 0 Å². The Bertz CT molecular complexity index is 5820. The summed E-state index contributed by atoms with van der Waals surface area (Å²) in [4.78, 5) is 34.3. The molecule has 6 heterocycles. The van der Waals surface area contributed by atoms with Crippen molar-refractivity contribution in [3.63, 3.8) is 0 Å². The first kappa shape index (κ1) is 103. The van der Waals surface area contributed by atoms with Crippen LogP contribution in [0.5, 0.6) is 17.2 Å². The quantitative estimate of drug-likeness (QED) is 0.0275. The molecular weight excluding hydrogens is 1700 g/mol. The van der Waals surface area contributed by atoms with E-state index in [1.54, 1.807) is 70.0 Å². The van der Waals surface area contributed by atoms with Crippen LogP contribution in [0, 0.1) is 39.4 Å². The minimum absolute atomic E-state index is 0.0963. The number of rotatable bonds is 40. The molecule has 2 atom stereocenters. The van der Waals surface area contributed by atoms with E-state index in [1.165, 1.54) is 87.1 Å². The second kappa shape index (κ2) is 51.4. The van der Waals surface area contributed by atoms with Crippen molar-refractivity contribution >= 4 is 106 Å². The lowest BCUT2D eigenvalue weighted by Crippen LogP contribution is -2.43. The molecule has 131 heavy (non-hydrogen) atoms. The van der Waals surface area contributed by atoms with E-state index in [4.69, 9.17) is 67.9 Å². The van der Waals surface area contributed by atoms with Gasteiger partial charge in [-0.05, 0) is 202 Å². The van der Waals surface area contributed by atoms with Crippen molar-refractivity contribution in [3.05, 3.63) is 364 Å². The van der Waals surface area contributed by atoms with Crippen LogP contribution in [0.25, 0.3) is 83.8 Å². The highest BCUT2D eigenvalue weighted by atomic mass is 32.1. The SMILES string of the molecule is [C-]#[N+]C1=C(/C=C/c2ccc(/C=C/C=C/c3ccc(N(CCCC)CCCC)cc3OC)s2)C(C)(C(F)(F)F)O/C1=C(\C)[N+]#[C-].[C-]#[N+]C1=C(/C=C/c2ccc(/C=C/C=C/c3ccc(N(CCCC)CCCC)cc3OC)s2)C(C)(C)O/C1=C(\C)[N+]#[C-].[C-]#[N+]C1=C(/C=C/c2ccc(/C=C/C=C/c3ccc(N(CCCC)CCCC)cc3OC)s2)C(C)(c2ccccc2)O/C1=C(\C)[N+]#[C-]. The minimum atomic E-state index is -4.78. The second-order valence-corrected chi connectivity index (χ2v) is 35.6. The van der Waals surface area contributed by atoms with Gasteiger partial charge in [-0.2, -0.15) is 13.2 Å². The van der Waals surface area contributed by atoms with Crippen molar-refractivity contribution < 1.29 is 41.6 Å². The molecule has 10 rings (SSSR count). The van der Waals surface area contributed by atoms with Gasteiger partial charge < -0.3 is 43.1 Å². The Labute approximate surface area is 788 Å². The fraction of sp³-hybridized carbons (Fsp3) is 0.345. The van der Waals surface area contributed by atoms with E-state index in [1.807, 2.05) is 130 Å². The van der Waals surface area contributed by atoms with Gasteiger partial charge in [-0.1, -0.05) is 183 Å². The fourth-order valence-corrected chi connectivity index (χ4v) is 17.1. The summed E-state index contributed by atoms with van der Waals surface area (Å²) in [5, 5.41) is 0. The predicted molar refractivity (Wildman–Crippen MR) is 544 cm³/mol. The molecule has 3 aromatic heterocycles. The molecule has 3 aliphatic heterocycles. The number of hydrogen-bond acceptors (Lipinski definition) is 12. The summed E-state index contributed by atoms with van der Waals surface area (Å²) in [6, 6.07) is 41.1. The van der Waals surface area contributed by atoms with Crippen LogP contribution in [0.4, 0.5) is 30.2 Å². The Kier molecular flexibility index (Phi) is 40.6. The van der Waals surface area contributed by atoms with Crippen LogP contribution in [0.2, 0.25) is 0 Å². The van der Waals surface area contributed by atoms with Gasteiger partial charge in [-0.3, -0.25) is 0 Å². The number of unbranched alkanes of at least 4 members (excludes halogenated alkanes) is 6. The Balaban J connectivity index is 0.000000243. The number of nitrogens with zero attached hydrogens (tertiary/aromatic N) is 9. The molecule has 0 spiro atoms. The van der Waals surface area contributed by atoms with Crippen LogP contribution in [-0.4, -0.2) is 78.0 Å². The summed E-state index contributed by atoms with van der Waals surface area (Å²) in [5.41, 5.74) is 5.73. The van der Waals surface area contributed by atoms with Crippen LogP contribution >= 0.6 is 34.0 Å². The minimum Gasteiger partial charge on any atom is -0.507 e. The van der Waals surface area contributed by atoms with E-state index in [2.05, 4.69) is 188 Å². The Hall–Kier alpha value is -13.0. The molecule has 21 heteroatoms. The monoisotopic (exact) mass is 1820 g/mol. The highest BCUT2D eigenvalue weighted by Gasteiger charge is 2.60. The molecule has 0 fully saturated rings. The van der Waals surface area contributed by atoms with Crippen LogP contribution in [0.3, 0.4) is 0 Å². The Morgan fingerprint density at radius 2 is 0.656 bits per heavy atom. The van der Waals surface area contributed by atoms with Gasteiger partial charge in [0, 0.05) is 137 Å². The maximum absolute atomic E-state index is 14.0. The van der Waals surface area contributed by atoms with Gasteiger partial charge in [0.1, 0.15) is 45.7 Å². The van der Waals surface area contributed by atoms with E-state index in [0.717, 1.165) is 153 Å². The number of thiophene rings is 3. The van der Waals surface area contributed by atoms with Gasteiger partial charge in [-0.25, -0.2) is 29.1 Å². The lowest BCUT2D eigenvalue weighted by atomic mass is 9.87. The van der Waals surface area contributed by atoms with Gasteiger partial charge >= 0.3 is 6.18 Å². The van der Waals surface area contributed by atoms with E-state index in [9.17, 15) is 13.2 Å². The van der Waals surface area contributed by atoms with Crippen molar-refractivity contribution in [2.45, 2.75) is 190 Å². The molecule has 0 saturated heterocycles. The van der Waals surface area contributed by atoms with Gasteiger partial charge in [0.2, 0.25) is 22.7 Å². The van der Waals surface area contributed by atoms with Gasteiger partial charge in [0.05, 0.1) is 60.8 Å².